The van der Waals surface area contributed by atoms with Crippen molar-refractivity contribution in [3.8, 4) is 0 Å². The minimum absolute atomic E-state index is 0.00795. The number of carbonyl (C=O) groups is 2. The summed E-state index contributed by atoms with van der Waals surface area (Å²) in [7, 11) is 0. The van der Waals surface area contributed by atoms with E-state index >= 15 is 0 Å². The molecule has 0 spiro atoms. The fourth-order valence-corrected chi connectivity index (χ4v) is 4.46. The Bertz CT molecular complexity index is 566. The van der Waals surface area contributed by atoms with Crippen molar-refractivity contribution in [2.75, 3.05) is 13.2 Å². The van der Waals surface area contributed by atoms with Crippen LogP contribution in [-0.2, 0) is 23.8 Å². The molecule has 3 fully saturated rings. The van der Waals surface area contributed by atoms with Gasteiger partial charge in [0.1, 0.15) is 30.2 Å². The largest absolute Gasteiger partial charge is 0.481 e. The van der Waals surface area contributed by atoms with Crippen molar-refractivity contribution in [3.63, 3.8) is 0 Å². The van der Waals surface area contributed by atoms with E-state index in [4.69, 9.17) is 19.3 Å². The molecule has 0 aromatic heterocycles. The number of hydrogen-bond donors (Lipinski definition) is 5. The van der Waals surface area contributed by atoms with Crippen molar-refractivity contribution in [3.05, 3.63) is 0 Å². The Morgan fingerprint density at radius 1 is 1.19 bits per heavy atom. The Labute approximate surface area is 155 Å². The predicted molar refractivity (Wildman–Crippen MR) is 86.1 cm³/mol. The molecule has 10 atom stereocenters. The van der Waals surface area contributed by atoms with Crippen LogP contribution in [-0.4, -0.2) is 87.5 Å². The van der Waals surface area contributed by atoms with E-state index in [9.17, 15) is 30.0 Å². The lowest BCUT2D eigenvalue weighted by molar-refractivity contribution is -0.355. The van der Waals surface area contributed by atoms with Crippen molar-refractivity contribution in [1.29, 1.82) is 0 Å². The molecular formula is C17H26O10. The zero-order valence-electron chi connectivity index (χ0n) is 14.9. The maximum absolute atomic E-state index is 12.4. The summed E-state index contributed by atoms with van der Waals surface area (Å²) in [6.45, 7) is 1.27. The Kier molecular flexibility index (Phi) is 6.16. The molecule has 154 valence electrons. The fraction of sp³-hybridized carbons (Fsp3) is 0.882. The fourth-order valence-electron chi connectivity index (χ4n) is 4.46. The van der Waals surface area contributed by atoms with Crippen LogP contribution >= 0.6 is 0 Å². The topological polar surface area (TPSA) is 163 Å². The number of hydrogen-bond acceptors (Lipinski definition) is 9. The van der Waals surface area contributed by atoms with Crippen LogP contribution in [0.25, 0.3) is 0 Å². The lowest BCUT2D eigenvalue weighted by atomic mass is 9.77. The lowest BCUT2D eigenvalue weighted by Gasteiger charge is -2.44. The van der Waals surface area contributed by atoms with Gasteiger partial charge in [0.15, 0.2) is 12.6 Å². The highest BCUT2D eigenvalue weighted by atomic mass is 16.8. The molecule has 0 radical (unpaired) electrons. The smallest absolute Gasteiger partial charge is 0.303 e. The third-order valence-electron chi connectivity index (χ3n) is 5.82. The number of carboxylic acids is 1. The average Bonchev–Trinajstić information content (AvgIpc) is 2.92. The van der Waals surface area contributed by atoms with E-state index in [-0.39, 0.29) is 31.1 Å². The third kappa shape index (κ3) is 3.88. The highest BCUT2D eigenvalue weighted by Gasteiger charge is 2.54. The van der Waals surface area contributed by atoms with E-state index in [0.29, 0.717) is 0 Å². The highest BCUT2D eigenvalue weighted by molar-refractivity contribution is 5.85. The third-order valence-corrected chi connectivity index (χ3v) is 5.82. The Balaban J connectivity index is 1.75. The molecule has 3 rings (SSSR count). The van der Waals surface area contributed by atoms with Gasteiger partial charge in [-0.3, -0.25) is 9.59 Å². The van der Waals surface area contributed by atoms with Gasteiger partial charge in [0.05, 0.1) is 19.6 Å². The molecule has 1 saturated carbocycles. The van der Waals surface area contributed by atoms with E-state index in [1.807, 2.05) is 6.92 Å². The number of ether oxygens (including phenoxy) is 3. The van der Waals surface area contributed by atoms with Gasteiger partial charge in [-0.2, -0.15) is 0 Å². The first-order chi connectivity index (χ1) is 12.7. The van der Waals surface area contributed by atoms with Gasteiger partial charge < -0.3 is 39.7 Å². The number of Topliss-reactive ketones (excluding diaryl/α,β-unsaturated/α-hetero) is 1. The second-order valence-electron chi connectivity index (χ2n) is 7.64. The molecule has 0 aromatic carbocycles. The van der Waals surface area contributed by atoms with Crippen LogP contribution in [0.2, 0.25) is 0 Å². The van der Waals surface area contributed by atoms with Gasteiger partial charge >= 0.3 is 5.97 Å². The van der Waals surface area contributed by atoms with Crippen molar-refractivity contribution >= 4 is 11.8 Å². The molecule has 10 heteroatoms. The van der Waals surface area contributed by atoms with Gasteiger partial charge in [-0.15, -0.1) is 0 Å². The van der Waals surface area contributed by atoms with Crippen LogP contribution in [0, 0.1) is 23.7 Å². The summed E-state index contributed by atoms with van der Waals surface area (Å²) in [5.74, 6) is -2.57. The minimum atomic E-state index is -1.58. The maximum Gasteiger partial charge on any atom is 0.303 e. The molecule has 10 nitrogen and oxygen atoms in total. The summed E-state index contributed by atoms with van der Waals surface area (Å²) in [5, 5.41) is 48.2. The molecule has 27 heavy (non-hydrogen) atoms. The molecule has 5 N–H and O–H groups in total. The highest BCUT2D eigenvalue weighted by Crippen LogP contribution is 2.46. The molecule has 2 aliphatic heterocycles. The summed E-state index contributed by atoms with van der Waals surface area (Å²) in [4.78, 5) is 23.5. The van der Waals surface area contributed by atoms with Crippen LogP contribution in [0.4, 0.5) is 0 Å². The predicted octanol–water partition coefficient (Wildman–Crippen LogP) is -1.91. The maximum atomic E-state index is 12.4. The van der Waals surface area contributed by atoms with E-state index < -0.39 is 67.3 Å². The summed E-state index contributed by atoms with van der Waals surface area (Å²) in [6.07, 6.45) is -7.99. The van der Waals surface area contributed by atoms with Gasteiger partial charge in [-0.25, -0.2) is 0 Å². The summed E-state index contributed by atoms with van der Waals surface area (Å²) >= 11 is 0. The molecule has 2 saturated heterocycles. The van der Waals surface area contributed by atoms with Crippen molar-refractivity contribution in [2.24, 2.45) is 23.7 Å². The summed E-state index contributed by atoms with van der Waals surface area (Å²) in [5.41, 5.74) is 0. The first-order valence-electron chi connectivity index (χ1n) is 9.06. The molecule has 0 bridgehead atoms. The van der Waals surface area contributed by atoms with E-state index in [1.165, 1.54) is 0 Å². The average molecular weight is 390 g/mol. The molecule has 2 heterocycles. The Morgan fingerprint density at radius 2 is 1.89 bits per heavy atom. The van der Waals surface area contributed by atoms with Crippen molar-refractivity contribution < 1.29 is 49.3 Å². The van der Waals surface area contributed by atoms with Crippen LogP contribution < -0.4 is 0 Å². The van der Waals surface area contributed by atoms with Gasteiger partial charge in [0.25, 0.3) is 0 Å². The molecule has 0 unspecified atom stereocenters. The number of carboxylic acid groups (broad SMARTS) is 1. The number of carbonyl (C=O) groups excluding carboxylic acids is 1. The second kappa shape index (κ2) is 8.08. The standard InChI is InChI=1S/C17H26O10/c1-6-2-8(19)12-7(3-10(20)21)5-25-16(11(6)12)27-17-15(24)14(23)13(22)9(4-18)26-17/h6-7,9,11-18,22-24H,2-5H2,1H3,(H,20,21)/t6-,7-,9-,11-,12+,13+,14-,15+,16+,17-/m0/s1. The molecule has 0 aromatic rings. The first-order valence-corrected chi connectivity index (χ1v) is 9.06. The van der Waals surface area contributed by atoms with E-state index in [2.05, 4.69) is 0 Å². The zero-order valence-corrected chi connectivity index (χ0v) is 14.9. The molecular weight excluding hydrogens is 364 g/mol. The van der Waals surface area contributed by atoms with Gasteiger partial charge in [0, 0.05) is 24.2 Å². The molecule has 1 aliphatic carbocycles. The first kappa shape index (κ1) is 20.6. The zero-order chi connectivity index (χ0) is 19.9. The molecule has 3 aliphatic rings. The monoisotopic (exact) mass is 390 g/mol. The quantitative estimate of drug-likeness (QED) is 0.358. The number of ketones is 1. The normalized spacial score (nSPS) is 47.7. The van der Waals surface area contributed by atoms with E-state index in [1.54, 1.807) is 0 Å². The lowest BCUT2D eigenvalue weighted by Crippen LogP contribution is -2.60. The number of aliphatic hydroxyl groups is 4. The van der Waals surface area contributed by atoms with Gasteiger partial charge in [0.2, 0.25) is 0 Å². The van der Waals surface area contributed by atoms with Crippen LogP contribution in [0.3, 0.4) is 0 Å². The van der Waals surface area contributed by atoms with Crippen LogP contribution in [0.5, 0.6) is 0 Å². The molecule has 0 amide bonds. The second-order valence-corrected chi connectivity index (χ2v) is 7.64. The van der Waals surface area contributed by atoms with Gasteiger partial charge in [-0.05, 0) is 5.92 Å². The number of aliphatic hydroxyl groups excluding tert-OH is 4. The summed E-state index contributed by atoms with van der Waals surface area (Å²) < 4.78 is 16.7. The number of rotatable bonds is 5. The Morgan fingerprint density at radius 3 is 2.52 bits per heavy atom. The SMILES string of the molecule is C[C@H]1CC(=O)[C@H]2[C@@H](CC(=O)O)CO[C@H](O[C@@H]3O[C@@H](CO)[C@@H](O)[C@H](O)[C@H]3O)[C@H]21. The number of fused-ring (bicyclic) bond motifs is 1. The van der Waals surface area contributed by atoms with Crippen LogP contribution in [0.1, 0.15) is 19.8 Å². The van der Waals surface area contributed by atoms with Crippen molar-refractivity contribution in [1.82, 2.24) is 0 Å². The van der Waals surface area contributed by atoms with Crippen molar-refractivity contribution in [2.45, 2.75) is 56.8 Å². The Hall–Kier alpha value is -1.14. The number of aliphatic carboxylic acids is 1. The van der Waals surface area contributed by atoms with Crippen LogP contribution in [0.15, 0.2) is 0 Å². The minimum Gasteiger partial charge on any atom is -0.481 e. The summed E-state index contributed by atoms with van der Waals surface area (Å²) in [6, 6.07) is 0. The van der Waals surface area contributed by atoms with E-state index in [0.717, 1.165) is 0 Å². The van der Waals surface area contributed by atoms with Gasteiger partial charge in [-0.1, -0.05) is 6.92 Å².